The van der Waals surface area contributed by atoms with Gasteiger partial charge in [-0.1, -0.05) is 22.0 Å². The summed E-state index contributed by atoms with van der Waals surface area (Å²) in [6.07, 6.45) is 0. The van der Waals surface area contributed by atoms with Crippen LogP contribution in [-0.2, 0) is 10.0 Å². The Labute approximate surface area is 92.7 Å². The zero-order chi connectivity index (χ0) is 10.8. The van der Waals surface area contributed by atoms with Crippen LogP contribution in [0, 0.1) is 6.92 Å². The number of anilines is 1. The molecular formula is C9H12BrNO2S. The first kappa shape index (κ1) is 11.5. The van der Waals surface area contributed by atoms with Crippen LogP contribution >= 0.6 is 15.9 Å². The summed E-state index contributed by atoms with van der Waals surface area (Å²) in [5, 5.41) is 0. The van der Waals surface area contributed by atoms with Gasteiger partial charge < -0.3 is 0 Å². The molecule has 0 amide bonds. The molecule has 0 aromatic heterocycles. The van der Waals surface area contributed by atoms with Gasteiger partial charge >= 0.3 is 0 Å². The second-order valence-electron chi connectivity index (χ2n) is 2.97. The van der Waals surface area contributed by atoms with E-state index in [-0.39, 0.29) is 5.75 Å². The lowest BCUT2D eigenvalue weighted by molar-refractivity contribution is 0.602. The van der Waals surface area contributed by atoms with Gasteiger partial charge in [0.25, 0.3) is 0 Å². The average Bonchev–Trinajstić information content (AvgIpc) is 2.11. The second-order valence-corrected chi connectivity index (χ2v) is 5.83. The summed E-state index contributed by atoms with van der Waals surface area (Å²) in [7, 11) is -3.17. The average molecular weight is 278 g/mol. The Bertz CT molecular complexity index is 428. The fourth-order valence-electron chi connectivity index (χ4n) is 0.908. The molecule has 0 fully saturated rings. The Morgan fingerprint density at radius 2 is 2.07 bits per heavy atom. The molecule has 0 unspecified atom stereocenters. The minimum atomic E-state index is -3.17. The maximum Gasteiger partial charge on any atom is 0.232 e. The Hall–Kier alpha value is -0.550. The van der Waals surface area contributed by atoms with Gasteiger partial charge in [0, 0.05) is 10.2 Å². The maximum absolute atomic E-state index is 11.2. The van der Waals surface area contributed by atoms with E-state index in [1.807, 2.05) is 13.0 Å². The van der Waals surface area contributed by atoms with Crippen molar-refractivity contribution in [3.63, 3.8) is 0 Å². The molecule has 0 saturated heterocycles. The van der Waals surface area contributed by atoms with Crippen molar-refractivity contribution in [2.24, 2.45) is 0 Å². The van der Waals surface area contributed by atoms with Crippen molar-refractivity contribution in [1.29, 1.82) is 0 Å². The van der Waals surface area contributed by atoms with Crippen molar-refractivity contribution in [3.8, 4) is 0 Å². The molecule has 0 bridgehead atoms. The van der Waals surface area contributed by atoms with Gasteiger partial charge in [-0.25, -0.2) is 8.42 Å². The molecule has 0 spiro atoms. The van der Waals surface area contributed by atoms with E-state index < -0.39 is 10.0 Å². The fourth-order valence-corrected chi connectivity index (χ4v) is 1.92. The van der Waals surface area contributed by atoms with Crippen molar-refractivity contribution < 1.29 is 8.42 Å². The molecular weight excluding hydrogens is 266 g/mol. The highest BCUT2D eigenvalue weighted by molar-refractivity contribution is 9.10. The van der Waals surface area contributed by atoms with Crippen LogP contribution in [0.15, 0.2) is 22.7 Å². The predicted octanol–water partition coefficient (Wildman–Crippen LogP) is 2.52. The molecule has 78 valence electrons. The molecule has 0 aliphatic rings. The first-order valence-electron chi connectivity index (χ1n) is 4.21. The third kappa shape index (κ3) is 2.99. The summed E-state index contributed by atoms with van der Waals surface area (Å²) in [5.41, 5.74) is 1.66. The molecule has 0 heterocycles. The molecule has 0 aliphatic carbocycles. The zero-order valence-corrected chi connectivity index (χ0v) is 10.4. The second kappa shape index (κ2) is 4.31. The van der Waals surface area contributed by atoms with E-state index in [9.17, 15) is 8.42 Å². The number of nitrogens with one attached hydrogen (secondary N) is 1. The Balaban J connectivity index is 2.94. The number of halogens is 1. The minimum absolute atomic E-state index is 0.0818. The van der Waals surface area contributed by atoms with Gasteiger partial charge in [-0.3, -0.25) is 4.72 Å². The molecule has 0 aliphatic heterocycles. The van der Waals surface area contributed by atoms with Crippen LogP contribution in [0.1, 0.15) is 12.5 Å². The quantitative estimate of drug-likeness (QED) is 0.923. The molecule has 1 aromatic carbocycles. The molecule has 0 atom stereocenters. The highest BCUT2D eigenvalue weighted by atomic mass is 79.9. The zero-order valence-electron chi connectivity index (χ0n) is 8.04. The van der Waals surface area contributed by atoms with E-state index in [0.29, 0.717) is 5.69 Å². The van der Waals surface area contributed by atoms with Crippen molar-refractivity contribution in [2.45, 2.75) is 13.8 Å². The Morgan fingerprint density at radius 1 is 1.43 bits per heavy atom. The van der Waals surface area contributed by atoms with E-state index >= 15 is 0 Å². The summed E-state index contributed by atoms with van der Waals surface area (Å²) < 4.78 is 25.9. The Kier molecular flexibility index (Phi) is 3.55. The smallest absolute Gasteiger partial charge is 0.232 e. The highest BCUT2D eigenvalue weighted by Crippen LogP contribution is 2.21. The van der Waals surface area contributed by atoms with Crippen LogP contribution in [0.4, 0.5) is 5.69 Å². The van der Waals surface area contributed by atoms with Gasteiger partial charge in [0.15, 0.2) is 0 Å². The molecule has 1 rings (SSSR count). The first-order chi connectivity index (χ1) is 6.44. The topological polar surface area (TPSA) is 46.2 Å². The monoisotopic (exact) mass is 277 g/mol. The van der Waals surface area contributed by atoms with E-state index in [1.165, 1.54) is 0 Å². The van der Waals surface area contributed by atoms with Crippen molar-refractivity contribution in [2.75, 3.05) is 10.5 Å². The van der Waals surface area contributed by atoms with Crippen molar-refractivity contribution in [1.82, 2.24) is 0 Å². The lowest BCUT2D eigenvalue weighted by Crippen LogP contribution is -2.14. The third-order valence-corrected chi connectivity index (χ3v) is 3.99. The van der Waals surface area contributed by atoms with E-state index in [0.717, 1.165) is 10.0 Å². The molecule has 14 heavy (non-hydrogen) atoms. The molecule has 3 nitrogen and oxygen atoms in total. The van der Waals surface area contributed by atoms with Crippen LogP contribution in [0.2, 0.25) is 0 Å². The summed E-state index contributed by atoms with van der Waals surface area (Å²) in [5.74, 6) is 0.0818. The van der Waals surface area contributed by atoms with Gasteiger partial charge in [-0.2, -0.15) is 0 Å². The van der Waals surface area contributed by atoms with E-state index in [2.05, 4.69) is 20.7 Å². The van der Waals surface area contributed by atoms with E-state index in [1.54, 1.807) is 19.1 Å². The van der Waals surface area contributed by atoms with E-state index in [4.69, 9.17) is 0 Å². The molecule has 0 saturated carbocycles. The van der Waals surface area contributed by atoms with Gasteiger partial charge in [0.1, 0.15) is 0 Å². The number of rotatable bonds is 3. The summed E-state index contributed by atoms with van der Waals surface area (Å²) in [6, 6.07) is 5.35. The lowest BCUT2D eigenvalue weighted by Gasteiger charge is -2.07. The lowest BCUT2D eigenvalue weighted by atomic mass is 10.2. The highest BCUT2D eigenvalue weighted by Gasteiger charge is 2.06. The largest absolute Gasteiger partial charge is 0.284 e. The van der Waals surface area contributed by atoms with Crippen molar-refractivity contribution >= 4 is 31.6 Å². The number of sulfonamides is 1. The predicted molar refractivity (Wildman–Crippen MR) is 62.0 cm³/mol. The van der Waals surface area contributed by atoms with Gasteiger partial charge in [0.05, 0.1) is 5.75 Å². The van der Waals surface area contributed by atoms with Gasteiger partial charge in [-0.05, 0) is 31.5 Å². The van der Waals surface area contributed by atoms with Crippen LogP contribution < -0.4 is 4.72 Å². The van der Waals surface area contributed by atoms with Crippen LogP contribution in [0.5, 0.6) is 0 Å². The third-order valence-electron chi connectivity index (χ3n) is 1.83. The Morgan fingerprint density at radius 3 is 2.57 bits per heavy atom. The molecule has 1 aromatic rings. The first-order valence-corrected chi connectivity index (χ1v) is 6.66. The van der Waals surface area contributed by atoms with Crippen LogP contribution in [0.3, 0.4) is 0 Å². The fraction of sp³-hybridized carbons (Fsp3) is 0.333. The number of hydrogen-bond donors (Lipinski definition) is 1. The minimum Gasteiger partial charge on any atom is -0.284 e. The SMILES string of the molecule is CCS(=O)(=O)Nc1ccc(C)c(Br)c1. The number of benzene rings is 1. The van der Waals surface area contributed by atoms with Gasteiger partial charge in [0.2, 0.25) is 10.0 Å². The summed E-state index contributed by atoms with van der Waals surface area (Å²) >= 11 is 3.34. The van der Waals surface area contributed by atoms with Crippen LogP contribution in [-0.4, -0.2) is 14.2 Å². The van der Waals surface area contributed by atoms with Gasteiger partial charge in [-0.15, -0.1) is 0 Å². The standard InChI is InChI=1S/C9H12BrNO2S/c1-3-14(12,13)11-8-5-4-7(2)9(10)6-8/h4-6,11H,3H2,1-2H3. The number of aryl methyl sites for hydroxylation is 1. The maximum atomic E-state index is 11.2. The summed E-state index contributed by atoms with van der Waals surface area (Å²) in [6.45, 7) is 3.55. The molecule has 0 radical (unpaired) electrons. The van der Waals surface area contributed by atoms with Crippen molar-refractivity contribution in [3.05, 3.63) is 28.2 Å². The molecule has 1 N–H and O–H groups in total. The molecule has 5 heteroatoms. The number of hydrogen-bond acceptors (Lipinski definition) is 2. The normalized spacial score (nSPS) is 11.4. The summed E-state index contributed by atoms with van der Waals surface area (Å²) in [4.78, 5) is 0. The van der Waals surface area contributed by atoms with Crippen LogP contribution in [0.25, 0.3) is 0 Å².